The first-order valence-electron chi connectivity index (χ1n) is 5.50. The molecule has 0 saturated carbocycles. The summed E-state index contributed by atoms with van der Waals surface area (Å²) in [6.07, 6.45) is 7.75. The summed E-state index contributed by atoms with van der Waals surface area (Å²) in [4.78, 5) is 11.4. The third-order valence-corrected chi connectivity index (χ3v) is 2.43. The maximum atomic E-state index is 11.4. The van der Waals surface area contributed by atoms with Gasteiger partial charge in [-0.15, -0.1) is 12.4 Å². The third kappa shape index (κ3) is 6.52. The van der Waals surface area contributed by atoms with E-state index in [-0.39, 0.29) is 18.3 Å². The van der Waals surface area contributed by atoms with Gasteiger partial charge >= 0.3 is 0 Å². The maximum Gasteiger partial charge on any atom is 0.243 e. The number of rotatable bonds is 3. The van der Waals surface area contributed by atoms with Crippen molar-refractivity contribution in [3.05, 3.63) is 12.2 Å². The van der Waals surface area contributed by atoms with Crippen molar-refractivity contribution in [2.24, 2.45) is 0 Å². The molecule has 0 bridgehead atoms. The van der Waals surface area contributed by atoms with Crippen LogP contribution in [0.5, 0.6) is 0 Å². The molecule has 1 amide bonds. The van der Waals surface area contributed by atoms with E-state index in [0.29, 0.717) is 6.04 Å². The number of carbonyl (C=O) groups is 1. The fourth-order valence-electron chi connectivity index (χ4n) is 1.64. The lowest BCUT2D eigenvalue weighted by Crippen LogP contribution is -2.34. The molecule has 0 aromatic heterocycles. The van der Waals surface area contributed by atoms with Gasteiger partial charge in [0, 0.05) is 6.04 Å². The molecule has 0 aromatic rings. The SMILES string of the molecule is CC/C=C/C(=O)NC1CCCNCC1.Cl. The van der Waals surface area contributed by atoms with Crippen LogP contribution < -0.4 is 10.6 Å². The monoisotopic (exact) mass is 232 g/mol. The Labute approximate surface area is 98.1 Å². The van der Waals surface area contributed by atoms with Crippen molar-refractivity contribution in [2.75, 3.05) is 13.1 Å². The van der Waals surface area contributed by atoms with Crippen LogP contribution in [0.25, 0.3) is 0 Å². The van der Waals surface area contributed by atoms with Gasteiger partial charge in [-0.2, -0.15) is 0 Å². The van der Waals surface area contributed by atoms with Crippen molar-refractivity contribution in [3.63, 3.8) is 0 Å². The van der Waals surface area contributed by atoms with Gasteiger partial charge in [0.25, 0.3) is 0 Å². The Kier molecular flexibility index (Phi) is 8.43. The van der Waals surface area contributed by atoms with Gasteiger partial charge < -0.3 is 10.6 Å². The van der Waals surface area contributed by atoms with Crippen LogP contribution in [0, 0.1) is 0 Å². The highest BCUT2D eigenvalue weighted by atomic mass is 35.5. The average molecular weight is 233 g/mol. The lowest BCUT2D eigenvalue weighted by Gasteiger charge is -2.14. The standard InChI is InChI=1S/C11H20N2O.ClH/c1-2-3-6-11(14)13-10-5-4-8-12-9-7-10;/h3,6,10,12H,2,4-5,7-9H2,1H3,(H,13,14);1H/b6-3+;. The predicted octanol–water partition coefficient (Wildman–Crippen LogP) is 1.63. The fraction of sp³-hybridized carbons (Fsp3) is 0.727. The van der Waals surface area contributed by atoms with Crippen LogP contribution in [0.15, 0.2) is 12.2 Å². The molecule has 0 radical (unpaired) electrons. The van der Waals surface area contributed by atoms with Crippen molar-refractivity contribution in [1.29, 1.82) is 0 Å². The number of halogens is 1. The summed E-state index contributed by atoms with van der Waals surface area (Å²) >= 11 is 0. The second kappa shape index (κ2) is 8.74. The average Bonchev–Trinajstić information content (AvgIpc) is 2.43. The Morgan fingerprint density at radius 2 is 2.27 bits per heavy atom. The Morgan fingerprint density at radius 3 is 3.00 bits per heavy atom. The molecule has 1 heterocycles. The topological polar surface area (TPSA) is 41.1 Å². The molecule has 1 unspecified atom stereocenters. The van der Waals surface area contributed by atoms with Crippen LogP contribution >= 0.6 is 12.4 Å². The molecule has 15 heavy (non-hydrogen) atoms. The van der Waals surface area contributed by atoms with Crippen LogP contribution in [0.2, 0.25) is 0 Å². The van der Waals surface area contributed by atoms with Gasteiger partial charge in [0.1, 0.15) is 0 Å². The molecular weight excluding hydrogens is 212 g/mol. The zero-order valence-electron chi connectivity index (χ0n) is 9.29. The third-order valence-electron chi connectivity index (χ3n) is 2.43. The highest BCUT2D eigenvalue weighted by Crippen LogP contribution is 2.04. The summed E-state index contributed by atoms with van der Waals surface area (Å²) < 4.78 is 0. The second-order valence-electron chi connectivity index (χ2n) is 3.70. The van der Waals surface area contributed by atoms with Gasteiger partial charge in [0.05, 0.1) is 0 Å². The lowest BCUT2D eigenvalue weighted by atomic mass is 10.1. The summed E-state index contributed by atoms with van der Waals surface area (Å²) in [6, 6.07) is 0.360. The van der Waals surface area contributed by atoms with Crippen molar-refractivity contribution in [3.8, 4) is 0 Å². The Balaban J connectivity index is 0.00000196. The molecule has 4 heteroatoms. The maximum absolute atomic E-state index is 11.4. The first kappa shape index (κ1) is 14.5. The minimum absolute atomic E-state index is 0. The largest absolute Gasteiger partial charge is 0.350 e. The Bertz CT molecular complexity index is 199. The molecule has 2 N–H and O–H groups in total. The first-order valence-corrected chi connectivity index (χ1v) is 5.50. The van der Waals surface area contributed by atoms with Crippen LogP contribution in [-0.4, -0.2) is 25.0 Å². The smallest absolute Gasteiger partial charge is 0.243 e. The number of carbonyl (C=O) groups excluding carboxylic acids is 1. The van der Waals surface area contributed by atoms with Gasteiger partial charge in [0.2, 0.25) is 5.91 Å². The van der Waals surface area contributed by atoms with Gasteiger partial charge in [-0.25, -0.2) is 0 Å². The van der Waals surface area contributed by atoms with E-state index in [1.807, 2.05) is 13.0 Å². The van der Waals surface area contributed by atoms with Gasteiger partial charge in [-0.05, 0) is 44.8 Å². The van der Waals surface area contributed by atoms with E-state index in [9.17, 15) is 4.79 Å². The summed E-state index contributed by atoms with van der Waals surface area (Å²) in [5.41, 5.74) is 0. The molecule has 3 nitrogen and oxygen atoms in total. The summed E-state index contributed by atoms with van der Waals surface area (Å²) in [6.45, 7) is 4.12. The minimum Gasteiger partial charge on any atom is -0.350 e. The van der Waals surface area contributed by atoms with E-state index >= 15 is 0 Å². The number of allylic oxidation sites excluding steroid dienone is 1. The number of hydrogen-bond donors (Lipinski definition) is 2. The molecule has 1 atom stereocenters. The molecule has 0 spiro atoms. The fourth-order valence-corrected chi connectivity index (χ4v) is 1.64. The molecule has 1 fully saturated rings. The van der Waals surface area contributed by atoms with E-state index in [0.717, 1.165) is 38.8 Å². The molecule has 1 aliphatic rings. The van der Waals surface area contributed by atoms with Crippen LogP contribution in [0.1, 0.15) is 32.6 Å². The van der Waals surface area contributed by atoms with Crippen molar-refractivity contribution in [2.45, 2.75) is 38.6 Å². The predicted molar refractivity (Wildman–Crippen MR) is 65.3 cm³/mol. The van der Waals surface area contributed by atoms with Crippen molar-refractivity contribution in [1.82, 2.24) is 10.6 Å². The van der Waals surface area contributed by atoms with Crippen LogP contribution in [-0.2, 0) is 4.79 Å². The summed E-state index contributed by atoms with van der Waals surface area (Å²) in [7, 11) is 0. The van der Waals surface area contributed by atoms with Crippen molar-refractivity contribution < 1.29 is 4.79 Å². The molecular formula is C11H21ClN2O. The zero-order valence-corrected chi connectivity index (χ0v) is 10.1. The van der Waals surface area contributed by atoms with E-state index in [1.54, 1.807) is 6.08 Å². The molecule has 1 saturated heterocycles. The van der Waals surface area contributed by atoms with Gasteiger partial charge in [0.15, 0.2) is 0 Å². The van der Waals surface area contributed by atoms with E-state index in [1.165, 1.54) is 0 Å². The lowest BCUT2D eigenvalue weighted by molar-refractivity contribution is -0.117. The van der Waals surface area contributed by atoms with Crippen LogP contribution in [0.4, 0.5) is 0 Å². The first-order chi connectivity index (χ1) is 6.83. The molecule has 0 aromatic carbocycles. The highest BCUT2D eigenvalue weighted by Gasteiger charge is 2.12. The van der Waals surface area contributed by atoms with Gasteiger partial charge in [-0.1, -0.05) is 13.0 Å². The second-order valence-corrected chi connectivity index (χ2v) is 3.70. The Morgan fingerprint density at radius 1 is 1.47 bits per heavy atom. The number of hydrogen-bond acceptors (Lipinski definition) is 2. The molecule has 0 aliphatic carbocycles. The quantitative estimate of drug-likeness (QED) is 0.727. The molecule has 1 rings (SSSR count). The summed E-state index contributed by atoms with van der Waals surface area (Å²) in [5.74, 6) is 0.0544. The molecule has 88 valence electrons. The minimum atomic E-state index is 0. The van der Waals surface area contributed by atoms with E-state index in [2.05, 4.69) is 10.6 Å². The van der Waals surface area contributed by atoms with Crippen molar-refractivity contribution >= 4 is 18.3 Å². The zero-order chi connectivity index (χ0) is 10.2. The number of nitrogens with one attached hydrogen (secondary N) is 2. The normalized spacial score (nSPS) is 21.8. The van der Waals surface area contributed by atoms with Crippen LogP contribution in [0.3, 0.4) is 0 Å². The van der Waals surface area contributed by atoms with E-state index in [4.69, 9.17) is 0 Å². The molecule has 1 aliphatic heterocycles. The van der Waals surface area contributed by atoms with E-state index < -0.39 is 0 Å². The summed E-state index contributed by atoms with van der Waals surface area (Å²) in [5, 5.41) is 6.35. The van der Waals surface area contributed by atoms with Gasteiger partial charge in [-0.3, -0.25) is 4.79 Å². The number of amides is 1. The highest BCUT2D eigenvalue weighted by molar-refractivity contribution is 5.87. The Hall–Kier alpha value is -0.540.